The molecule has 1 atom stereocenters. The maximum atomic E-state index is 10.9. The fourth-order valence-corrected chi connectivity index (χ4v) is 1.73. The Kier molecular flexibility index (Phi) is 2.82. The van der Waals surface area contributed by atoms with Gasteiger partial charge in [-0.25, -0.2) is 4.79 Å². The van der Waals surface area contributed by atoms with Crippen molar-refractivity contribution in [2.45, 2.75) is 5.75 Å². The Morgan fingerprint density at radius 2 is 2.38 bits per heavy atom. The number of nitrogens with zero attached hydrogens (tertiary/aromatic N) is 2. The SMILES string of the molecule is Cn1ncc(C(=O)O)c1CS(C)=O. The van der Waals surface area contributed by atoms with Crippen molar-refractivity contribution < 1.29 is 14.1 Å². The van der Waals surface area contributed by atoms with Crippen molar-refractivity contribution in [3.05, 3.63) is 17.5 Å². The molecular formula is C7H10N2O3S. The number of carbonyl (C=O) groups is 1. The quantitative estimate of drug-likeness (QED) is 0.748. The van der Waals surface area contributed by atoms with E-state index in [2.05, 4.69) is 5.10 Å². The van der Waals surface area contributed by atoms with Crippen LogP contribution in [-0.2, 0) is 23.6 Å². The van der Waals surface area contributed by atoms with E-state index >= 15 is 0 Å². The molecule has 0 aliphatic carbocycles. The second-order valence-corrected chi connectivity index (χ2v) is 4.09. The van der Waals surface area contributed by atoms with Crippen LogP contribution >= 0.6 is 0 Å². The van der Waals surface area contributed by atoms with Gasteiger partial charge in [0.15, 0.2) is 0 Å². The van der Waals surface area contributed by atoms with Gasteiger partial charge in [0.1, 0.15) is 5.56 Å². The number of hydrogen-bond acceptors (Lipinski definition) is 3. The van der Waals surface area contributed by atoms with Crippen LogP contribution in [0, 0.1) is 0 Å². The van der Waals surface area contributed by atoms with Crippen LogP contribution < -0.4 is 0 Å². The van der Waals surface area contributed by atoms with E-state index in [1.54, 1.807) is 7.05 Å². The Balaban J connectivity index is 3.08. The van der Waals surface area contributed by atoms with E-state index in [1.165, 1.54) is 17.1 Å². The first-order valence-electron chi connectivity index (χ1n) is 3.56. The summed E-state index contributed by atoms with van der Waals surface area (Å²) < 4.78 is 12.4. The standard InChI is InChI=1S/C7H10N2O3S/c1-9-6(4-13(2)12)5(3-8-9)7(10)11/h3H,4H2,1-2H3,(H,10,11). The zero-order chi connectivity index (χ0) is 10.0. The van der Waals surface area contributed by atoms with E-state index in [0.717, 1.165) is 0 Å². The molecule has 72 valence electrons. The molecule has 1 rings (SSSR count). The van der Waals surface area contributed by atoms with Gasteiger partial charge < -0.3 is 5.11 Å². The molecule has 1 heterocycles. The molecule has 1 unspecified atom stereocenters. The summed E-state index contributed by atoms with van der Waals surface area (Å²) in [5, 5.41) is 12.5. The lowest BCUT2D eigenvalue weighted by atomic mass is 10.3. The summed E-state index contributed by atoms with van der Waals surface area (Å²) in [5.74, 6) is -0.813. The highest BCUT2D eigenvalue weighted by Gasteiger charge is 2.15. The topological polar surface area (TPSA) is 72.2 Å². The highest BCUT2D eigenvalue weighted by atomic mass is 32.2. The molecule has 13 heavy (non-hydrogen) atoms. The van der Waals surface area contributed by atoms with Crippen LogP contribution in [0.25, 0.3) is 0 Å². The number of aryl methyl sites for hydroxylation is 1. The van der Waals surface area contributed by atoms with Gasteiger partial charge in [0.2, 0.25) is 0 Å². The zero-order valence-electron chi connectivity index (χ0n) is 7.35. The smallest absolute Gasteiger partial charge is 0.339 e. The molecule has 0 saturated heterocycles. The monoisotopic (exact) mass is 202 g/mol. The van der Waals surface area contributed by atoms with E-state index in [-0.39, 0.29) is 11.3 Å². The predicted molar refractivity (Wildman–Crippen MR) is 47.9 cm³/mol. The molecule has 0 bridgehead atoms. The van der Waals surface area contributed by atoms with Gasteiger partial charge in [-0.3, -0.25) is 8.89 Å². The molecule has 1 aromatic rings. The molecule has 1 N–H and O–H groups in total. The highest BCUT2D eigenvalue weighted by Crippen LogP contribution is 2.09. The molecule has 1 aromatic heterocycles. The summed E-state index contributed by atoms with van der Waals surface area (Å²) in [6.07, 6.45) is 2.79. The summed E-state index contributed by atoms with van der Waals surface area (Å²) in [7, 11) is 0.577. The molecule has 0 aliphatic rings. The van der Waals surface area contributed by atoms with E-state index in [9.17, 15) is 9.00 Å². The summed E-state index contributed by atoms with van der Waals surface area (Å²) in [6.45, 7) is 0. The van der Waals surface area contributed by atoms with Crippen LogP contribution in [0.15, 0.2) is 6.20 Å². The molecule has 0 amide bonds. The zero-order valence-corrected chi connectivity index (χ0v) is 8.17. The Hall–Kier alpha value is -1.17. The molecule has 6 heteroatoms. The summed E-state index contributed by atoms with van der Waals surface area (Å²) in [4.78, 5) is 10.7. The number of aromatic nitrogens is 2. The molecule has 0 spiro atoms. The summed E-state index contributed by atoms with van der Waals surface area (Å²) in [6, 6.07) is 0. The minimum atomic E-state index is -1.06. The van der Waals surface area contributed by atoms with Gasteiger partial charge in [-0.15, -0.1) is 0 Å². The molecule has 5 nitrogen and oxygen atoms in total. The van der Waals surface area contributed by atoms with Gasteiger partial charge in [0.05, 0.1) is 17.6 Å². The number of hydrogen-bond donors (Lipinski definition) is 1. The van der Waals surface area contributed by atoms with Gasteiger partial charge in [-0.2, -0.15) is 5.10 Å². The minimum Gasteiger partial charge on any atom is -0.478 e. The van der Waals surface area contributed by atoms with Crippen LogP contribution in [-0.4, -0.2) is 31.3 Å². The van der Waals surface area contributed by atoms with Crippen LogP contribution in [0.3, 0.4) is 0 Å². The van der Waals surface area contributed by atoms with Gasteiger partial charge in [-0.05, 0) is 0 Å². The third-order valence-corrected chi connectivity index (χ3v) is 2.31. The Bertz CT molecular complexity index is 359. The Morgan fingerprint density at radius 3 is 2.85 bits per heavy atom. The minimum absolute atomic E-state index is 0.123. The van der Waals surface area contributed by atoms with Crippen LogP contribution in [0.1, 0.15) is 16.1 Å². The number of rotatable bonds is 3. The molecular weight excluding hydrogens is 192 g/mol. The van der Waals surface area contributed by atoms with Crippen molar-refractivity contribution in [2.24, 2.45) is 7.05 Å². The first kappa shape index (κ1) is 9.91. The summed E-state index contributed by atoms with van der Waals surface area (Å²) in [5.41, 5.74) is 0.617. The second kappa shape index (κ2) is 3.69. The maximum absolute atomic E-state index is 10.9. The van der Waals surface area contributed by atoms with Gasteiger partial charge in [-0.1, -0.05) is 0 Å². The first-order chi connectivity index (χ1) is 6.02. The van der Waals surface area contributed by atoms with E-state index in [4.69, 9.17) is 5.11 Å². The van der Waals surface area contributed by atoms with Crippen molar-refractivity contribution in [2.75, 3.05) is 6.26 Å². The maximum Gasteiger partial charge on any atom is 0.339 e. The Labute approximate surface area is 77.8 Å². The lowest BCUT2D eigenvalue weighted by Crippen LogP contribution is -2.07. The Morgan fingerprint density at radius 1 is 1.77 bits per heavy atom. The summed E-state index contributed by atoms with van der Waals surface area (Å²) >= 11 is 0. The van der Waals surface area contributed by atoms with Crippen LogP contribution in [0.5, 0.6) is 0 Å². The second-order valence-electron chi connectivity index (χ2n) is 2.65. The van der Waals surface area contributed by atoms with E-state index in [1.807, 2.05) is 0 Å². The number of carboxylic acid groups (broad SMARTS) is 1. The average Bonchev–Trinajstić information content (AvgIpc) is 2.32. The third kappa shape index (κ3) is 2.15. The highest BCUT2D eigenvalue weighted by molar-refractivity contribution is 7.83. The largest absolute Gasteiger partial charge is 0.478 e. The first-order valence-corrected chi connectivity index (χ1v) is 5.29. The number of aromatic carboxylic acids is 1. The van der Waals surface area contributed by atoms with Crippen molar-refractivity contribution in [1.82, 2.24) is 9.78 Å². The molecule has 0 fully saturated rings. The van der Waals surface area contributed by atoms with Crippen molar-refractivity contribution in [3.8, 4) is 0 Å². The van der Waals surface area contributed by atoms with Gasteiger partial charge in [0, 0.05) is 24.1 Å². The molecule has 0 aliphatic heterocycles. The van der Waals surface area contributed by atoms with Gasteiger partial charge in [0.25, 0.3) is 0 Å². The van der Waals surface area contributed by atoms with Crippen LogP contribution in [0.2, 0.25) is 0 Å². The van der Waals surface area contributed by atoms with E-state index in [0.29, 0.717) is 5.69 Å². The van der Waals surface area contributed by atoms with Crippen molar-refractivity contribution in [3.63, 3.8) is 0 Å². The van der Waals surface area contributed by atoms with E-state index < -0.39 is 16.8 Å². The molecule has 0 saturated carbocycles. The fourth-order valence-electron chi connectivity index (χ4n) is 1.01. The molecule has 0 aromatic carbocycles. The van der Waals surface area contributed by atoms with Crippen molar-refractivity contribution >= 4 is 16.8 Å². The van der Waals surface area contributed by atoms with Gasteiger partial charge >= 0.3 is 5.97 Å². The fraction of sp³-hybridized carbons (Fsp3) is 0.429. The number of carboxylic acids is 1. The average molecular weight is 202 g/mol. The molecule has 0 radical (unpaired) electrons. The third-order valence-electron chi connectivity index (χ3n) is 1.63. The lowest BCUT2D eigenvalue weighted by molar-refractivity contribution is 0.0696. The normalized spacial score (nSPS) is 12.8. The predicted octanol–water partition coefficient (Wildman–Crippen LogP) is -0.00320. The van der Waals surface area contributed by atoms with Crippen LogP contribution in [0.4, 0.5) is 0 Å². The van der Waals surface area contributed by atoms with Crippen molar-refractivity contribution in [1.29, 1.82) is 0 Å². The lowest BCUT2D eigenvalue weighted by Gasteiger charge is -2.00.